The minimum atomic E-state index is 0.588. The summed E-state index contributed by atoms with van der Waals surface area (Å²) in [7, 11) is 0. The molecule has 1 aliphatic carbocycles. The van der Waals surface area contributed by atoms with E-state index >= 15 is 0 Å². The Labute approximate surface area is 138 Å². The molecule has 3 heterocycles. The van der Waals surface area contributed by atoms with Crippen LogP contribution in [-0.2, 0) is 19.5 Å². The van der Waals surface area contributed by atoms with E-state index in [2.05, 4.69) is 39.5 Å². The molecular weight excluding hydrogens is 286 g/mol. The van der Waals surface area contributed by atoms with Gasteiger partial charge in [0.15, 0.2) is 5.82 Å². The average molecular weight is 313 g/mol. The third-order valence-electron chi connectivity index (χ3n) is 5.66. The van der Waals surface area contributed by atoms with E-state index in [1.807, 2.05) is 0 Å². The lowest BCUT2D eigenvalue weighted by atomic mass is 9.75. The highest BCUT2D eigenvalue weighted by Gasteiger charge is 2.36. The van der Waals surface area contributed by atoms with E-state index < -0.39 is 0 Å². The number of hydrogen-bond donors (Lipinski definition) is 0. The second-order valence-corrected chi connectivity index (χ2v) is 7.08. The van der Waals surface area contributed by atoms with Crippen molar-refractivity contribution in [1.82, 2.24) is 24.5 Å². The van der Waals surface area contributed by atoms with Crippen LogP contribution in [0.2, 0.25) is 0 Å². The molecule has 1 aliphatic heterocycles. The molecule has 0 amide bonds. The van der Waals surface area contributed by atoms with E-state index in [9.17, 15) is 0 Å². The summed E-state index contributed by atoms with van der Waals surface area (Å²) >= 11 is 0. The van der Waals surface area contributed by atoms with Crippen LogP contribution in [0.5, 0.6) is 0 Å². The fraction of sp³-hybridized carbons (Fsp3) is 0.722. The van der Waals surface area contributed by atoms with Gasteiger partial charge in [0.2, 0.25) is 0 Å². The van der Waals surface area contributed by atoms with Crippen LogP contribution in [0.25, 0.3) is 11.5 Å². The van der Waals surface area contributed by atoms with E-state index in [0.717, 1.165) is 43.5 Å². The highest BCUT2D eigenvalue weighted by molar-refractivity contribution is 5.59. The smallest absolute Gasteiger partial charge is 0.182 e. The fourth-order valence-corrected chi connectivity index (χ4v) is 4.50. The summed E-state index contributed by atoms with van der Waals surface area (Å²) in [4.78, 5) is 0. The van der Waals surface area contributed by atoms with Gasteiger partial charge < -0.3 is 4.57 Å². The summed E-state index contributed by atoms with van der Waals surface area (Å²) in [5.74, 6) is 3.54. The molecule has 23 heavy (non-hydrogen) atoms. The summed E-state index contributed by atoms with van der Waals surface area (Å²) < 4.78 is 4.53. The Morgan fingerprint density at radius 2 is 1.96 bits per heavy atom. The van der Waals surface area contributed by atoms with Crippen molar-refractivity contribution in [2.75, 3.05) is 0 Å². The van der Waals surface area contributed by atoms with Gasteiger partial charge in [-0.15, -0.1) is 10.2 Å². The average Bonchev–Trinajstić information content (AvgIpc) is 3.19. The Morgan fingerprint density at radius 1 is 1.13 bits per heavy atom. The van der Waals surface area contributed by atoms with Crippen molar-refractivity contribution in [2.24, 2.45) is 5.92 Å². The highest BCUT2D eigenvalue weighted by Crippen LogP contribution is 2.44. The van der Waals surface area contributed by atoms with Gasteiger partial charge in [-0.3, -0.25) is 4.68 Å². The minimum absolute atomic E-state index is 0.588. The molecule has 124 valence electrons. The van der Waals surface area contributed by atoms with Crippen LogP contribution in [0.15, 0.2) is 6.20 Å². The third kappa shape index (κ3) is 2.41. The Morgan fingerprint density at radius 3 is 2.70 bits per heavy atom. The Kier molecular flexibility index (Phi) is 3.95. The standard InChI is InChI=1S/C18H27N5/c1-3-10-23-17-14(11-19-23)15(13-8-6-5-7-9-13)12-22-16(4-2)20-21-18(17)22/h11,13,15H,3-10,12H2,1-2H3. The van der Waals surface area contributed by atoms with Crippen LogP contribution in [0.3, 0.4) is 0 Å². The zero-order valence-electron chi connectivity index (χ0n) is 14.3. The van der Waals surface area contributed by atoms with Crippen molar-refractivity contribution >= 4 is 0 Å². The molecule has 5 heteroatoms. The van der Waals surface area contributed by atoms with Crippen molar-refractivity contribution < 1.29 is 0 Å². The fourth-order valence-electron chi connectivity index (χ4n) is 4.50. The zero-order chi connectivity index (χ0) is 15.8. The van der Waals surface area contributed by atoms with E-state index in [1.165, 1.54) is 43.4 Å². The summed E-state index contributed by atoms with van der Waals surface area (Å²) in [5.41, 5.74) is 2.66. The first kappa shape index (κ1) is 14.9. The lowest BCUT2D eigenvalue weighted by Gasteiger charge is -2.34. The lowest BCUT2D eigenvalue weighted by molar-refractivity contribution is 0.279. The summed E-state index contributed by atoms with van der Waals surface area (Å²) in [5, 5.41) is 13.7. The Hall–Kier alpha value is -1.65. The topological polar surface area (TPSA) is 48.5 Å². The predicted molar refractivity (Wildman–Crippen MR) is 90.2 cm³/mol. The lowest BCUT2D eigenvalue weighted by Crippen LogP contribution is -2.26. The molecule has 0 saturated heterocycles. The molecule has 2 aromatic rings. The van der Waals surface area contributed by atoms with Crippen molar-refractivity contribution in [3.05, 3.63) is 17.6 Å². The van der Waals surface area contributed by atoms with Crippen LogP contribution >= 0.6 is 0 Å². The molecule has 0 aromatic carbocycles. The van der Waals surface area contributed by atoms with Gasteiger partial charge in [-0.2, -0.15) is 5.10 Å². The van der Waals surface area contributed by atoms with Crippen LogP contribution in [0.1, 0.15) is 69.7 Å². The quantitative estimate of drug-likeness (QED) is 0.863. The predicted octanol–water partition coefficient (Wildman–Crippen LogP) is 3.79. The molecule has 0 N–H and O–H groups in total. The van der Waals surface area contributed by atoms with Crippen LogP contribution in [-0.4, -0.2) is 24.5 Å². The maximum absolute atomic E-state index is 4.70. The Balaban J connectivity index is 1.80. The normalized spacial score (nSPS) is 21.2. The van der Waals surface area contributed by atoms with Gasteiger partial charge >= 0.3 is 0 Å². The van der Waals surface area contributed by atoms with Gasteiger partial charge in [0.25, 0.3) is 0 Å². The number of hydrogen-bond acceptors (Lipinski definition) is 3. The first-order chi connectivity index (χ1) is 11.3. The third-order valence-corrected chi connectivity index (χ3v) is 5.66. The maximum Gasteiger partial charge on any atom is 0.182 e. The number of rotatable bonds is 4. The molecule has 2 aliphatic rings. The first-order valence-corrected chi connectivity index (χ1v) is 9.31. The molecular formula is C18H27N5. The molecule has 4 rings (SSSR count). The largest absolute Gasteiger partial charge is 0.309 e. The number of fused-ring (bicyclic) bond motifs is 3. The Bertz CT molecular complexity index is 678. The monoisotopic (exact) mass is 313 g/mol. The molecule has 1 saturated carbocycles. The van der Waals surface area contributed by atoms with Crippen molar-refractivity contribution in [3.63, 3.8) is 0 Å². The van der Waals surface area contributed by atoms with Crippen molar-refractivity contribution in [3.8, 4) is 11.5 Å². The van der Waals surface area contributed by atoms with Crippen molar-refractivity contribution in [1.29, 1.82) is 0 Å². The molecule has 1 unspecified atom stereocenters. The van der Waals surface area contributed by atoms with Gasteiger partial charge in [0.05, 0.1) is 6.20 Å². The van der Waals surface area contributed by atoms with Gasteiger partial charge in [-0.05, 0) is 25.2 Å². The molecule has 0 radical (unpaired) electrons. The van der Waals surface area contributed by atoms with E-state index in [-0.39, 0.29) is 0 Å². The van der Waals surface area contributed by atoms with Crippen LogP contribution < -0.4 is 0 Å². The van der Waals surface area contributed by atoms with Crippen LogP contribution in [0, 0.1) is 5.92 Å². The number of nitrogens with zero attached hydrogens (tertiary/aromatic N) is 5. The SMILES string of the molecule is CCCn1ncc2c1-c1nnc(CC)n1CC2C1CCCCC1. The molecule has 2 aromatic heterocycles. The number of aryl methyl sites for hydroxylation is 2. The van der Waals surface area contributed by atoms with Gasteiger partial charge in [0, 0.05) is 31.0 Å². The molecule has 0 bridgehead atoms. The van der Waals surface area contributed by atoms with Crippen molar-refractivity contribution in [2.45, 2.75) is 77.8 Å². The second-order valence-electron chi connectivity index (χ2n) is 7.08. The van der Waals surface area contributed by atoms with E-state index in [0.29, 0.717) is 5.92 Å². The summed E-state index contributed by atoms with van der Waals surface area (Å²) in [6.45, 7) is 6.38. The van der Waals surface area contributed by atoms with Gasteiger partial charge in [-0.1, -0.05) is 33.1 Å². The maximum atomic E-state index is 4.70. The summed E-state index contributed by atoms with van der Waals surface area (Å²) in [6, 6.07) is 0. The molecule has 1 fully saturated rings. The molecule has 5 nitrogen and oxygen atoms in total. The van der Waals surface area contributed by atoms with Crippen LogP contribution in [0.4, 0.5) is 0 Å². The minimum Gasteiger partial charge on any atom is -0.309 e. The molecule has 0 spiro atoms. The number of aromatic nitrogens is 5. The summed E-state index contributed by atoms with van der Waals surface area (Å²) in [6.07, 6.45) is 11.1. The zero-order valence-corrected chi connectivity index (χ0v) is 14.3. The second kappa shape index (κ2) is 6.10. The van der Waals surface area contributed by atoms with E-state index in [4.69, 9.17) is 5.10 Å². The van der Waals surface area contributed by atoms with Gasteiger partial charge in [0.1, 0.15) is 11.5 Å². The molecule has 1 atom stereocenters. The van der Waals surface area contributed by atoms with E-state index in [1.54, 1.807) is 0 Å². The van der Waals surface area contributed by atoms with Gasteiger partial charge in [-0.25, -0.2) is 0 Å². The first-order valence-electron chi connectivity index (χ1n) is 9.31. The highest BCUT2D eigenvalue weighted by atomic mass is 15.3.